The van der Waals surface area contributed by atoms with Crippen LogP contribution in [0.3, 0.4) is 0 Å². The zero-order chi connectivity index (χ0) is 52.1. The third-order valence-electron chi connectivity index (χ3n) is 15.6. The second-order valence-electron chi connectivity index (χ2n) is 22.3. The topological polar surface area (TPSA) is 50.9 Å². The van der Waals surface area contributed by atoms with Crippen LogP contribution in [0.2, 0.25) is 0 Å². The van der Waals surface area contributed by atoms with E-state index >= 15 is 0 Å². The fraction of sp³-hybridized carbons (Fsp3) is 0.155. The number of nitrogens with zero attached hydrogens (tertiary/aromatic N) is 3. The second kappa shape index (κ2) is 20.7. The van der Waals surface area contributed by atoms with Crippen molar-refractivity contribution in [2.75, 3.05) is 0 Å². The van der Waals surface area contributed by atoms with E-state index in [1.54, 1.807) is 0 Å². The van der Waals surface area contributed by atoms with E-state index in [1.165, 1.54) is 11.1 Å². The summed E-state index contributed by atoms with van der Waals surface area (Å²) in [6, 6.07) is 80.6. The molecule has 0 spiro atoms. The molecule has 0 radical (unpaired) electrons. The smallest absolute Gasteiger partial charge is 0.148 e. The molecule has 4 nitrogen and oxygen atoms in total. The number of aromatic nitrogens is 3. The summed E-state index contributed by atoms with van der Waals surface area (Å²) >= 11 is 0. The van der Waals surface area contributed by atoms with E-state index in [9.17, 15) is 5.11 Å². The van der Waals surface area contributed by atoms with Crippen molar-refractivity contribution in [3.63, 3.8) is 0 Å². The van der Waals surface area contributed by atoms with Crippen LogP contribution in [0.1, 0.15) is 66.5 Å². The Labute approximate surface area is 463 Å². The van der Waals surface area contributed by atoms with Gasteiger partial charge in [-0.15, -0.1) is 23.8 Å². The molecule has 0 unspecified atom stereocenters. The summed E-state index contributed by atoms with van der Waals surface area (Å²) in [7, 11) is 0. The first-order valence-electron chi connectivity index (χ1n) is 26.0. The zero-order valence-electron chi connectivity index (χ0n) is 44.5. The Balaban J connectivity index is 0.00000657. The summed E-state index contributed by atoms with van der Waals surface area (Å²) in [6.07, 6.45) is 1.91. The van der Waals surface area contributed by atoms with Gasteiger partial charge >= 0.3 is 0 Å². The maximum atomic E-state index is 12.8. The molecular formula is C71H62N3OPt-. The number of pyridine rings is 1. The number of fused-ring (bicyclic) bond motifs is 1. The van der Waals surface area contributed by atoms with E-state index in [4.69, 9.17) is 9.97 Å². The molecule has 0 bridgehead atoms. The van der Waals surface area contributed by atoms with Crippen LogP contribution in [0, 0.1) is 11.5 Å². The molecule has 0 fully saturated rings. The van der Waals surface area contributed by atoms with E-state index in [2.05, 4.69) is 254 Å². The fourth-order valence-electron chi connectivity index (χ4n) is 10.2. The maximum absolute atomic E-state index is 12.8. The van der Waals surface area contributed by atoms with Crippen LogP contribution in [-0.2, 0) is 31.9 Å². The molecule has 11 rings (SSSR count). The van der Waals surface area contributed by atoms with Gasteiger partial charge in [-0.1, -0.05) is 248 Å². The summed E-state index contributed by atoms with van der Waals surface area (Å²) in [4.78, 5) is 10.7. The number of phenols is 1. The van der Waals surface area contributed by atoms with Crippen molar-refractivity contribution in [1.82, 2.24) is 14.5 Å². The quantitative estimate of drug-likeness (QED) is 0.139. The molecule has 9 aromatic carbocycles. The molecule has 11 aromatic rings. The standard InChI is InChI=1S/C71H62N3O.Pt/c1-69(2,3)56-38-39-64(62(46-56)50-26-16-11-17-27-50)74-65-33-21-30-58(66(65)73-68(74)61-32-20-31-60(67(61)75)59-29-19-18-28-57(59)49-24-14-10-15-25-49)53-42-52(47-22-12-9-13-23-47)43-54(44-53)63-45-51(40-41-72-63)48-34-36-55(37-35-48)71(7,8)70(4,5)6;/h9-43,45-46,75H,1-8H3;/q-1;. The minimum atomic E-state index is -0.104. The molecule has 0 aliphatic carbocycles. The summed E-state index contributed by atoms with van der Waals surface area (Å²) < 4.78 is 2.25. The Morgan fingerprint density at radius 1 is 0.421 bits per heavy atom. The van der Waals surface area contributed by atoms with Gasteiger partial charge in [0.15, 0.2) is 0 Å². The molecule has 0 aliphatic heterocycles. The number of phenolic OH excluding ortho intramolecular Hbond substituents is 1. The Bertz CT molecular complexity index is 3860. The van der Waals surface area contributed by atoms with Gasteiger partial charge in [0, 0.05) is 44.1 Å². The van der Waals surface area contributed by atoms with Crippen LogP contribution < -0.4 is 0 Å². The Kier molecular flexibility index (Phi) is 14.0. The molecule has 2 aromatic heterocycles. The minimum absolute atomic E-state index is 0. The van der Waals surface area contributed by atoms with Gasteiger partial charge in [0.25, 0.3) is 0 Å². The molecular weight excluding hydrogens is 1110 g/mol. The van der Waals surface area contributed by atoms with Gasteiger partial charge in [-0.25, -0.2) is 4.98 Å². The Morgan fingerprint density at radius 2 is 0.961 bits per heavy atom. The summed E-state index contributed by atoms with van der Waals surface area (Å²) in [5.41, 5.74) is 19.6. The molecule has 0 aliphatic rings. The summed E-state index contributed by atoms with van der Waals surface area (Å²) in [5.74, 6) is 0.783. The van der Waals surface area contributed by atoms with E-state index < -0.39 is 0 Å². The largest absolute Gasteiger partial charge is 0.507 e. The van der Waals surface area contributed by atoms with Crippen molar-refractivity contribution in [2.45, 2.75) is 66.2 Å². The van der Waals surface area contributed by atoms with E-state index in [0.29, 0.717) is 11.4 Å². The van der Waals surface area contributed by atoms with E-state index in [-0.39, 0.29) is 43.1 Å². The normalized spacial score (nSPS) is 11.9. The molecule has 378 valence electrons. The van der Waals surface area contributed by atoms with Gasteiger partial charge < -0.3 is 5.11 Å². The van der Waals surface area contributed by atoms with Crippen molar-refractivity contribution in [1.29, 1.82) is 0 Å². The average molecular weight is 1170 g/mol. The van der Waals surface area contributed by atoms with Crippen molar-refractivity contribution in [2.24, 2.45) is 5.41 Å². The van der Waals surface area contributed by atoms with Crippen LogP contribution >= 0.6 is 0 Å². The Hall–Kier alpha value is -7.91. The van der Waals surface area contributed by atoms with Crippen LogP contribution in [0.15, 0.2) is 225 Å². The number of hydrogen-bond donors (Lipinski definition) is 1. The maximum Gasteiger partial charge on any atom is 0.148 e. The number of imidazole rings is 1. The molecule has 0 atom stereocenters. The third kappa shape index (κ3) is 9.79. The van der Waals surface area contributed by atoms with Crippen molar-refractivity contribution in [3.05, 3.63) is 242 Å². The van der Waals surface area contributed by atoms with Crippen LogP contribution in [0.25, 0.3) is 106 Å². The van der Waals surface area contributed by atoms with E-state index in [0.717, 1.165) is 94.7 Å². The first-order chi connectivity index (χ1) is 36.1. The molecule has 0 saturated heterocycles. The number of hydrogen-bond acceptors (Lipinski definition) is 3. The fourth-order valence-corrected chi connectivity index (χ4v) is 10.2. The van der Waals surface area contributed by atoms with Gasteiger partial charge in [0.1, 0.15) is 11.6 Å². The first kappa shape index (κ1) is 51.6. The molecule has 5 heteroatoms. The molecule has 0 saturated carbocycles. The average Bonchev–Trinajstić information content (AvgIpc) is 3.85. The number of benzene rings is 9. The zero-order valence-corrected chi connectivity index (χ0v) is 46.7. The molecule has 0 amide bonds. The summed E-state index contributed by atoms with van der Waals surface area (Å²) in [6.45, 7) is 18.3. The van der Waals surface area contributed by atoms with E-state index in [1.807, 2.05) is 36.5 Å². The minimum Gasteiger partial charge on any atom is -0.507 e. The molecule has 2 heterocycles. The van der Waals surface area contributed by atoms with Gasteiger partial charge in [-0.05, 0) is 96.6 Å². The predicted molar refractivity (Wildman–Crippen MR) is 314 cm³/mol. The second-order valence-corrected chi connectivity index (χ2v) is 22.3. The SMILES string of the molecule is CC(C)(C)c1ccc(-n2c(-c3cccc(-c4ccccc4-c4ccccc4)c3O)nc3c(-c4[c-]c(-c5cc(-c6ccc(C(C)(C)C(C)(C)C)cc6)ccn5)cc(-c5ccccc5)c4)cccc32)c(-c2ccccc2)c1.[Pt]. The third-order valence-corrected chi connectivity index (χ3v) is 15.6. The number of aromatic hydroxyl groups is 1. The van der Waals surface area contributed by atoms with Gasteiger partial charge in [-0.2, -0.15) is 0 Å². The number of para-hydroxylation sites is 2. The number of rotatable bonds is 10. The van der Waals surface area contributed by atoms with Gasteiger partial charge in [0.2, 0.25) is 0 Å². The first-order valence-corrected chi connectivity index (χ1v) is 26.0. The van der Waals surface area contributed by atoms with Gasteiger partial charge in [-0.3, -0.25) is 9.55 Å². The van der Waals surface area contributed by atoms with Crippen LogP contribution in [0.4, 0.5) is 0 Å². The van der Waals surface area contributed by atoms with Gasteiger partial charge in [0.05, 0.1) is 22.3 Å². The van der Waals surface area contributed by atoms with Crippen LogP contribution in [0.5, 0.6) is 5.75 Å². The molecule has 1 N–H and O–H groups in total. The van der Waals surface area contributed by atoms with Crippen LogP contribution in [-0.4, -0.2) is 19.6 Å². The van der Waals surface area contributed by atoms with Crippen molar-refractivity contribution in [3.8, 4) is 101 Å². The summed E-state index contributed by atoms with van der Waals surface area (Å²) in [5, 5.41) is 12.8. The predicted octanol–water partition coefficient (Wildman–Crippen LogP) is 18.9. The van der Waals surface area contributed by atoms with Crippen molar-refractivity contribution >= 4 is 11.0 Å². The molecule has 76 heavy (non-hydrogen) atoms. The van der Waals surface area contributed by atoms with Crippen molar-refractivity contribution < 1.29 is 26.2 Å². The Morgan fingerprint density at radius 3 is 1.62 bits per heavy atom. The monoisotopic (exact) mass is 1170 g/mol.